The number of ether oxygens (including phenoxy) is 1. The zero-order valence-electron chi connectivity index (χ0n) is 9.08. The first-order chi connectivity index (χ1) is 6.53. The average molecular weight is 194 g/mol. The van der Waals surface area contributed by atoms with Crippen molar-refractivity contribution in [3.05, 3.63) is 29.8 Å². The average Bonchev–Trinajstić information content (AvgIpc) is 2.02. The lowest BCUT2D eigenvalue weighted by atomic mass is 10.1. The van der Waals surface area contributed by atoms with Crippen molar-refractivity contribution in [3.63, 3.8) is 0 Å². The molecule has 1 aromatic carbocycles. The Kier molecular flexibility index (Phi) is 3.53. The molecule has 0 aliphatic carbocycles. The minimum atomic E-state index is -0.303. The van der Waals surface area contributed by atoms with Gasteiger partial charge < -0.3 is 9.84 Å². The molecule has 0 aromatic heterocycles. The van der Waals surface area contributed by atoms with Crippen LogP contribution in [0.1, 0.15) is 25.8 Å². The van der Waals surface area contributed by atoms with Crippen molar-refractivity contribution < 1.29 is 9.84 Å². The molecule has 1 N–H and O–H groups in total. The highest BCUT2D eigenvalue weighted by atomic mass is 16.5. The molecule has 0 fully saturated rings. The Morgan fingerprint density at radius 2 is 2.07 bits per heavy atom. The molecule has 14 heavy (non-hydrogen) atoms. The first kappa shape index (κ1) is 11.1. The molecule has 0 aliphatic heterocycles. The lowest BCUT2D eigenvalue weighted by molar-refractivity contribution is 0.0765. The first-order valence-electron chi connectivity index (χ1n) is 4.90. The molecule has 78 valence electrons. The number of aryl methyl sites for hydroxylation is 1. The summed E-state index contributed by atoms with van der Waals surface area (Å²) in [5.74, 6) is 0.864. The number of aliphatic hydroxyl groups excluding tert-OH is 1. The lowest BCUT2D eigenvalue weighted by Gasteiger charge is -2.25. The Balaban J connectivity index is 2.68. The van der Waals surface area contributed by atoms with Crippen molar-refractivity contribution in [2.75, 3.05) is 6.61 Å². The summed E-state index contributed by atoms with van der Waals surface area (Å²) in [6.45, 7) is 6.14. The van der Waals surface area contributed by atoms with E-state index in [2.05, 4.69) is 0 Å². The zero-order chi connectivity index (χ0) is 10.6. The summed E-state index contributed by atoms with van der Waals surface area (Å²) >= 11 is 0. The predicted octanol–water partition coefficient (Wildman–Crippen LogP) is 2.53. The highest BCUT2D eigenvalue weighted by molar-refractivity contribution is 5.27. The third-order valence-corrected chi connectivity index (χ3v) is 2.10. The van der Waals surface area contributed by atoms with E-state index in [0.29, 0.717) is 6.42 Å². The normalized spacial score (nSPS) is 11.4. The molecule has 0 radical (unpaired) electrons. The van der Waals surface area contributed by atoms with E-state index in [-0.39, 0.29) is 12.2 Å². The molecule has 2 nitrogen and oxygen atoms in total. The molecular weight excluding hydrogens is 176 g/mol. The van der Waals surface area contributed by atoms with Gasteiger partial charge in [-0.15, -0.1) is 0 Å². The van der Waals surface area contributed by atoms with Gasteiger partial charge >= 0.3 is 0 Å². The maximum absolute atomic E-state index is 8.85. The van der Waals surface area contributed by atoms with Crippen LogP contribution in [0.25, 0.3) is 0 Å². The van der Waals surface area contributed by atoms with Crippen molar-refractivity contribution in [2.45, 2.75) is 32.8 Å². The van der Waals surface area contributed by atoms with Gasteiger partial charge in [0, 0.05) is 13.0 Å². The lowest BCUT2D eigenvalue weighted by Crippen LogP contribution is -2.29. The second kappa shape index (κ2) is 4.47. The highest BCUT2D eigenvalue weighted by Crippen LogP contribution is 2.21. The third-order valence-electron chi connectivity index (χ3n) is 2.10. The second-order valence-corrected chi connectivity index (χ2v) is 4.15. The van der Waals surface area contributed by atoms with Gasteiger partial charge in [-0.3, -0.25) is 0 Å². The summed E-state index contributed by atoms with van der Waals surface area (Å²) in [6, 6.07) is 7.94. The van der Waals surface area contributed by atoms with Crippen LogP contribution in [0.2, 0.25) is 0 Å². The number of rotatable bonds is 4. The minimum absolute atomic E-state index is 0.152. The van der Waals surface area contributed by atoms with Crippen molar-refractivity contribution >= 4 is 0 Å². The summed E-state index contributed by atoms with van der Waals surface area (Å²) in [7, 11) is 0. The summed E-state index contributed by atoms with van der Waals surface area (Å²) in [5, 5.41) is 8.85. The smallest absolute Gasteiger partial charge is 0.120 e. The van der Waals surface area contributed by atoms with E-state index in [1.165, 1.54) is 5.56 Å². The van der Waals surface area contributed by atoms with Crippen molar-refractivity contribution in [1.82, 2.24) is 0 Å². The second-order valence-electron chi connectivity index (χ2n) is 4.15. The molecule has 2 heteroatoms. The van der Waals surface area contributed by atoms with Crippen molar-refractivity contribution in [2.24, 2.45) is 0 Å². The number of aliphatic hydroxyl groups is 1. The number of benzene rings is 1. The van der Waals surface area contributed by atoms with Crippen LogP contribution >= 0.6 is 0 Å². The van der Waals surface area contributed by atoms with Gasteiger partial charge in [0.15, 0.2) is 0 Å². The Morgan fingerprint density at radius 1 is 1.36 bits per heavy atom. The van der Waals surface area contributed by atoms with Gasteiger partial charge in [0.1, 0.15) is 11.4 Å². The van der Waals surface area contributed by atoms with Crippen molar-refractivity contribution in [3.8, 4) is 5.75 Å². The fourth-order valence-electron chi connectivity index (χ4n) is 1.32. The molecule has 0 saturated carbocycles. The molecule has 0 heterocycles. The van der Waals surface area contributed by atoms with Gasteiger partial charge in [0.25, 0.3) is 0 Å². The van der Waals surface area contributed by atoms with Gasteiger partial charge in [0.2, 0.25) is 0 Å². The van der Waals surface area contributed by atoms with E-state index in [4.69, 9.17) is 9.84 Å². The standard InChI is InChI=1S/C12H18O2/c1-10-5-4-6-11(9-10)14-12(2,3)7-8-13/h4-6,9,13H,7-8H2,1-3H3. The molecule has 1 rings (SSSR count). The quantitative estimate of drug-likeness (QED) is 0.798. The van der Waals surface area contributed by atoms with Crippen LogP contribution in [-0.4, -0.2) is 17.3 Å². The summed E-state index contributed by atoms with van der Waals surface area (Å²) in [5.41, 5.74) is 0.880. The van der Waals surface area contributed by atoms with Gasteiger partial charge in [0.05, 0.1) is 0 Å². The van der Waals surface area contributed by atoms with Gasteiger partial charge in [-0.1, -0.05) is 12.1 Å². The van der Waals surface area contributed by atoms with E-state index in [0.717, 1.165) is 5.75 Å². The van der Waals surface area contributed by atoms with Crippen LogP contribution in [0.15, 0.2) is 24.3 Å². The molecule has 0 amide bonds. The van der Waals surface area contributed by atoms with Gasteiger partial charge in [-0.25, -0.2) is 0 Å². The van der Waals surface area contributed by atoms with Crippen LogP contribution in [0.4, 0.5) is 0 Å². The molecule has 0 saturated heterocycles. The van der Waals surface area contributed by atoms with E-state index in [9.17, 15) is 0 Å². The van der Waals surface area contributed by atoms with E-state index < -0.39 is 0 Å². The predicted molar refractivity (Wildman–Crippen MR) is 57.6 cm³/mol. The van der Waals surface area contributed by atoms with Crippen LogP contribution in [0, 0.1) is 6.92 Å². The Hall–Kier alpha value is -1.02. The molecule has 0 aliphatic rings. The van der Waals surface area contributed by atoms with Crippen molar-refractivity contribution in [1.29, 1.82) is 0 Å². The monoisotopic (exact) mass is 194 g/mol. The van der Waals surface area contributed by atoms with Crippen LogP contribution < -0.4 is 4.74 Å². The number of hydrogen-bond donors (Lipinski definition) is 1. The number of hydrogen-bond acceptors (Lipinski definition) is 2. The zero-order valence-corrected chi connectivity index (χ0v) is 9.08. The molecule has 0 atom stereocenters. The third kappa shape index (κ3) is 3.38. The van der Waals surface area contributed by atoms with Crippen LogP contribution in [-0.2, 0) is 0 Å². The van der Waals surface area contributed by atoms with E-state index in [1.807, 2.05) is 45.0 Å². The maximum atomic E-state index is 8.85. The molecule has 0 unspecified atom stereocenters. The fourth-order valence-corrected chi connectivity index (χ4v) is 1.32. The van der Waals surface area contributed by atoms with E-state index in [1.54, 1.807) is 0 Å². The van der Waals surface area contributed by atoms with Gasteiger partial charge in [-0.05, 0) is 38.5 Å². The van der Waals surface area contributed by atoms with Crippen LogP contribution in [0.5, 0.6) is 5.75 Å². The SMILES string of the molecule is Cc1cccc(OC(C)(C)CCO)c1. The minimum Gasteiger partial charge on any atom is -0.488 e. The molecule has 0 spiro atoms. The largest absolute Gasteiger partial charge is 0.488 e. The summed E-state index contributed by atoms with van der Waals surface area (Å²) in [4.78, 5) is 0. The Labute approximate surface area is 85.5 Å². The highest BCUT2D eigenvalue weighted by Gasteiger charge is 2.18. The molecular formula is C12H18O2. The maximum Gasteiger partial charge on any atom is 0.120 e. The van der Waals surface area contributed by atoms with Gasteiger partial charge in [-0.2, -0.15) is 0 Å². The summed E-state index contributed by atoms with van der Waals surface area (Å²) in [6.07, 6.45) is 0.640. The van der Waals surface area contributed by atoms with E-state index >= 15 is 0 Å². The Bertz CT molecular complexity index is 292. The first-order valence-corrected chi connectivity index (χ1v) is 4.90. The molecule has 1 aromatic rings. The Morgan fingerprint density at radius 3 is 2.64 bits per heavy atom. The topological polar surface area (TPSA) is 29.5 Å². The molecule has 0 bridgehead atoms. The fraction of sp³-hybridized carbons (Fsp3) is 0.500. The summed E-state index contributed by atoms with van der Waals surface area (Å²) < 4.78 is 5.76. The van der Waals surface area contributed by atoms with Crippen LogP contribution in [0.3, 0.4) is 0 Å².